The van der Waals surface area contributed by atoms with Crippen molar-refractivity contribution in [2.24, 2.45) is 0 Å². The molecule has 3 aromatic rings. The van der Waals surface area contributed by atoms with Crippen molar-refractivity contribution < 1.29 is 29.9 Å². The monoisotopic (exact) mass is 529 g/mol. The molecule has 4 rings (SSSR count). The minimum absolute atomic E-state index is 0.279. The van der Waals surface area contributed by atoms with Crippen molar-refractivity contribution in [2.45, 2.75) is 57.8 Å². The predicted molar refractivity (Wildman–Crippen MR) is 119 cm³/mol. The molecule has 1 aliphatic heterocycles. The Morgan fingerprint density at radius 2 is 0.688 bits per heavy atom. The second kappa shape index (κ2) is 10.2. The van der Waals surface area contributed by atoms with Crippen LogP contribution in [0.3, 0.4) is 0 Å². The van der Waals surface area contributed by atoms with Crippen LogP contribution in [-0.4, -0.2) is 27.2 Å². The molecule has 1 aliphatic rings. The summed E-state index contributed by atoms with van der Waals surface area (Å²) in [6, 6.07) is 18.9. The zero-order valence-electron chi connectivity index (χ0n) is 19.6. The summed E-state index contributed by atoms with van der Waals surface area (Å²) in [7, 11) is 1.00. The van der Waals surface area contributed by atoms with Gasteiger partial charge >= 0.3 is 24.8 Å². The Morgan fingerprint density at radius 1 is 0.531 bits per heavy atom. The number of aliphatic hydroxyl groups is 1. The van der Waals surface area contributed by atoms with Gasteiger partial charge in [0, 0.05) is 23.4 Å². The number of fused-ring (bicyclic) bond motifs is 6. The Kier molecular flexibility index (Phi) is 8.35. The maximum absolute atomic E-state index is 9.72. The van der Waals surface area contributed by atoms with E-state index in [1.807, 2.05) is 0 Å². The van der Waals surface area contributed by atoms with Crippen molar-refractivity contribution >= 4 is 0 Å². The van der Waals surface area contributed by atoms with Gasteiger partial charge < -0.3 is 5.11 Å². The van der Waals surface area contributed by atoms with E-state index in [1.165, 1.54) is 0 Å². The van der Waals surface area contributed by atoms with Gasteiger partial charge in [-0.1, -0.05) is 18.2 Å². The van der Waals surface area contributed by atoms with Crippen LogP contribution in [0.15, 0.2) is 54.6 Å². The zero-order chi connectivity index (χ0) is 24.2. The predicted octanol–water partition coefficient (Wildman–Crippen LogP) is 5.61. The number of hydrogen-bond donors (Lipinski definition) is 1. The summed E-state index contributed by atoms with van der Waals surface area (Å²) in [6.45, 7) is 13.2. The van der Waals surface area contributed by atoms with E-state index in [0.29, 0.717) is 0 Å². The molecule has 32 heavy (non-hydrogen) atoms. The average Bonchev–Trinajstić information content (AvgIpc) is 2.80. The molecule has 7 heteroatoms. The molecule has 6 bridgehead atoms. The normalized spacial score (nSPS) is 16.8. The van der Waals surface area contributed by atoms with Crippen molar-refractivity contribution in [3.05, 3.63) is 88.8 Å². The van der Waals surface area contributed by atoms with Crippen LogP contribution in [0.5, 0.6) is 0 Å². The maximum atomic E-state index is 9.72. The van der Waals surface area contributed by atoms with Crippen LogP contribution in [0.4, 0.5) is 6.63 Å². The third-order valence-electron chi connectivity index (χ3n) is 6.09. The van der Waals surface area contributed by atoms with Crippen LogP contribution in [0.25, 0.3) is 0 Å². The van der Waals surface area contributed by atoms with Gasteiger partial charge in [0.2, 0.25) is 0 Å². The van der Waals surface area contributed by atoms with Crippen molar-refractivity contribution in [3.63, 3.8) is 0 Å². The standard InChI is InChI=1S/C24H27N3.CH4O.2FH.Ru/c1-22(2)16-10-7-12-18(25-16)23(3,4)20-14-9-15-21(27-20)24(5,6)19-13-8-11-17(22)26-19;1-2;;;/h7-15H,1-6H3;2H,1H3;2*1H;/q;;;;+2/p-2. The summed E-state index contributed by atoms with van der Waals surface area (Å²) in [5.74, 6) is 0. The Balaban J connectivity index is 0.000000671. The SMILES string of the molecule is CC1(C)c2cccc(n2)C(C)(C)c2cccc(n2)C(C)(C)c2cccc1n2.CO.[F][Ru][F]. The first-order chi connectivity index (χ1) is 15.0. The van der Waals surface area contributed by atoms with Crippen LogP contribution in [0.1, 0.15) is 75.7 Å². The van der Waals surface area contributed by atoms with E-state index in [4.69, 9.17) is 20.1 Å². The molecule has 174 valence electrons. The Bertz CT molecular complexity index is 859. The van der Waals surface area contributed by atoms with Gasteiger partial charge in [-0.2, -0.15) is 0 Å². The summed E-state index contributed by atoms with van der Waals surface area (Å²) in [5.41, 5.74) is 5.37. The number of aromatic nitrogens is 3. The van der Waals surface area contributed by atoms with E-state index < -0.39 is 18.1 Å². The molecular formula is C25H31F2N3ORu. The van der Waals surface area contributed by atoms with E-state index in [-0.39, 0.29) is 16.2 Å². The van der Waals surface area contributed by atoms with Crippen molar-refractivity contribution in [2.75, 3.05) is 7.11 Å². The van der Waals surface area contributed by atoms with Crippen LogP contribution in [0.2, 0.25) is 0 Å². The average molecular weight is 529 g/mol. The molecule has 4 nitrogen and oxygen atoms in total. The second-order valence-corrected chi connectivity index (χ2v) is 9.40. The quantitative estimate of drug-likeness (QED) is 0.386. The van der Waals surface area contributed by atoms with Gasteiger partial charge in [0.05, 0.1) is 34.2 Å². The first kappa shape index (κ1) is 26.1. The van der Waals surface area contributed by atoms with Crippen LogP contribution in [-0.2, 0) is 34.4 Å². The summed E-state index contributed by atoms with van der Waals surface area (Å²) < 4.78 is 19.4. The van der Waals surface area contributed by atoms with Crippen molar-refractivity contribution in [1.29, 1.82) is 0 Å². The van der Waals surface area contributed by atoms with Gasteiger partial charge in [-0.05, 0) is 77.9 Å². The zero-order valence-corrected chi connectivity index (χ0v) is 21.3. The molecule has 3 aromatic heterocycles. The molecule has 0 amide bonds. The van der Waals surface area contributed by atoms with E-state index in [1.54, 1.807) is 0 Å². The second-order valence-electron chi connectivity index (χ2n) is 9.15. The summed E-state index contributed by atoms with van der Waals surface area (Å²) >= 11 is -2.29. The molecule has 0 saturated heterocycles. The molecule has 0 atom stereocenters. The number of halogens is 2. The molecule has 0 aromatic carbocycles. The number of pyridine rings is 3. The molecule has 0 saturated carbocycles. The fraction of sp³-hybridized carbons (Fsp3) is 0.400. The van der Waals surface area contributed by atoms with E-state index in [2.05, 4.69) is 96.1 Å². The van der Waals surface area contributed by atoms with Gasteiger partial charge in [0.25, 0.3) is 0 Å². The first-order valence-corrected chi connectivity index (χ1v) is 11.6. The molecule has 0 unspecified atom stereocenters. The van der Waals surface area contributed by atoms with E-state index in [0.717, 1.165) is 41.3 Å². The molecule has 4 heterocycles. The topological polar surface area (TPSA) is 58.9 Å². The van der Waals surface area contributed by atoms with Crippen LogP contribution >= 0.6 is 0 Å². The van der Waals surface area contributed by atoms with Crippen LogP contribution < -0.4 is 0 Å². The van der Waals surface area contributed by atoms with Gasteiger partial charge in [0.1, 0.15) is 0 Å². The number of nitrogens with zero attached hydrogens (tertiary/aromatic N) is 3. The van der Waals surface area contributed by atoms with Gasteiger partial charge in [-0.25, -0.2) is 0 Å². The summed E-state index contributed by atoms with van der Waals surface area (Å²) in [5, 5.41) is 7.00. The molecular weight excluding hydrogens is 497 g/mol. The Morgan fingerprint density at radius 3 is 0.844 bits per heavy atom. The van der Waals surface area contributed by atoms with E-state index >= 15 is 0 Å². The summed E-state index contributed by atoms with van der Waals surface area (Å²) in [4.78, 5) is 15.2. The third kappa shape index (κ3) is 4.94. The van der Waals surface area contributed by atoms with Crippen LogP contribution in [0, 0.1) is 0 Å². The molecule has 1 N–H and O–H groups in total. The summed E-state index contributed by atoms with van der Waals surface area (Å²) in [6.07, 6.45) is 0. The minimum atomic E-state index is -2.29. The van der Waals surface area contributed by atoms with Gasteiger partial charge in [-0.15, -0.1) is 0 Å². The molecule has 0 aliphatic carbocycles. The third-order valence-corrected chi connectivity index (χ3v) is 6.09. The van der Waals surface area contributed by atoms with E-state index in [9.17, 15) is 6.63 Å². The number of rotatable bonds is 0. The molecule has 0 spiro atoms. The molecule has 0 fully saturated rings. The molecule has 0 radical (unpaired) electrons. The fourth-order valence-electron chi connectivity index (χ4n) is 3.79. The number of aliphatic hydroxyl groups excluding tert-OH is 1. The van der Waals surface area contributed by atoms with Crippen molar-refractivity contribution in [1.82, 2.24) is 15.0 Å². The Labute approximate surface area is 198 Å². The first-order valence-electron chi connectivity index (χ1n) is 10.3. The number of hydrogen-bond acceptors (Lipinski definition) is 4. The van der Waals surface area contributed by atoms with Gasteiger partial charge in [-0.3, -0.25) is 15.0 Å². The van der Waals surface area contributed by atoms with Crippen molar-refractivity contribution in [3.8, 4) is 0 Å². The fourth-order valence-corrected chi connectivity index (χ4v) is 3.79. The Hall–Kier alpha value is -2.11. The van der Waals surface area contributed by atoms with Gasteiger partial charge in [0.15, 0.2) is 0 Å².